The topological polar surface area (TPSA) is 74.2 Å². The van der Waals surface area contributed by atoms with Crippen LogP contribution in [-0.2, 0) is 19.5 Å². The summed E-state index contributed by atoms with van der Waals surface area (Å²) in [6.07, 6.45) is 6.48. The molecule has 2 heterocycles. The highest BCUT2D eigenvalue weighted by atomic mass is 35.5. The van der Waals surface area contributed by atoms with E-state index in [0.717, 1.165) is 36.9 Å². The number of benzene rings is 2. The molecule has 1 aliphatic carbocycles. The van der Waals surface area contributed by atoms with Crippen molar-refractivity contribution in [2.75, 3.05) is 6.54 Å². The molecule has 0 bridgehead atoms. The summed E-state index contributed by atoms with van der Waals surface area (Å²) in [4.78, 5) is 22.3. The fraction of sp³-hybridized carbons (Fsp3) is 0.280. The second kappa shape index (κ2) is 9.18. The van der Waals surface area contributed by atoms with Gasteiger partial charge in [-0.25, -0.2) is 4.98 Å². The van der Waals surface area contributed by atoms with Crippen molar-refractivity contribution in [2.24, 2.45) is 0 Å². The Hall–Kier alpha value is -3.09. The minimum Gasteiger partial charge on any atom is -0.447 e. The van der Waals surface area contributed by atoms with Crippen LogP contribution in [0.4, 0.5) is 0 Å². The molecule has 2 N–H and O–H groups in total. The minimum atomic E-state index is -0.164. The second-order valence-electron chi connectivity index (χ2n) is 8.32. The number of hydrogen-bond donors (Lipinski definition) is 2. The molecule has 32 heavy (non-hydrogen) atoms. The van der Waals surface area contributed by atoms with E-state index in [4.69, 9.17) is 16.0 Å². The number of aromatic nitrogens is 2. The SMILES string of the molecule is O=C(NC1CC1)c1coc(CN(CCc2c[nH]c3ccccc23)Cc2cccc(Cl)c2)n1. The van der Waals surface area contributed by atoms with Gasteiger partial charge in [0.2, 0.25) is 5.89 Å². The molecule has 0 unspecified atom stereocenters. The molecule has 2 aromatic heterocycles. The van der Waals surface area contributed by atoms with Crippen molar-refractivity contribution in [1.82, 2.24) is 20.2 Å². The monoisotopic (exact) mass is 448 g/mol. The first-order valence-corrected chi connectivity index (χ1v) is 11.3. The number of halogens is 1. The largest absolute Gasteiger partial charge is 0.447 e. The first-order valence-electron chi connectivity index (χ1n) is 10.9. The maximum Gasteiger partial charge on any atom is 0.273 e. The summed E-state index contributed by atoms with van der Waals surface area (Å²) in [5.74, 6) is 0.370. The summed E-state index contributed by atoms with van der Waals surface area (Å²) in [5, 5.41) is 4.91. The first kappa shape index (κ1) is 20.8. The maximum atomic E-state index is 12.3. The normalized spacial score (nSPS) is 13.7. The third-order valence-corrected chi connectivity index (χ3v) is 5.96. The van der Waals surface area contributed by atoms with E-state index < -0.39 is 0 Å². The van der Waals surface area contributed by atoms with Gasteiger partial charge in [-0.1, -0.05) is 41.9 Å². The molecule has 5 rings (SSSR count). The van der Waals surface area contributed by atoms with Gasteiger partial charge in [0.05, 0.1) is 6.54 Å². The van der Waals surface area contributed by atoms with E-state index in [1.165, 1.54) is 17.2 Å². The van der Waals surface area contributed by atoms with E-state index in [9.17, 15) is 4.79 Å². The molecular weight excluding hydrogens is 424 g/mol. The molecule has 0 saturated heterocycles. The van der Waals surface area contributed by atoms with Crippen molar-refractivity contribution in [1.29, 1.82) is 0 Å². The van der Waals surface area contributed by atoms with Crippen LogP contribution in [0.5, 0.6) is 0 Å². The Balaban J connectivity index is 1.31. The van der Waals surface area contributed by atoms with Crippen LogP contribution < -0.4 is 5.32 Å². The van der Waals surface area contributed by atoms with Gasteiger partial charge in [0.15, 0.2) is 5.69 Å². The van der Waals surface area contributed by atoms with E-state index in [0.29, 0.717) is 29.7 Å². The summed E-state index contributed by atoms with van der Waals surface area (Å²) in [6.45, 7) is 2.01. The molecule has 7 heteroatoms. The Morgan fingerprint density at radius 3 is 2.91 bits per heavy atom. The second-order valence-corrected chi connectivity index (χ2v) is 8.76. The highest BCUT2D eigenvalue weighted by molar-refractivity contribution is 6.30. The number of amides is 1. The number of hydrogen-bond acceptors (Lipinski definition) is 4. The molecule has 0 spiro atoms. The van der Waals surface area contributed by atoms with Gasteiger partial charge in [0.1, 0.15) is 6.26 Å². The van der Waals surface area contributed by atoms with Crippen molar-refractivity contribution in [3.63, 3.8) is 0 Å². The highest BCUT2D eigenvalue weighted by Crippen LogP contribution is 2.21. The smallest absolute Gasteiger partial charge is 0.273 e. The Morgan fingerprint density at radius 1 is 1.19 bits per heavy atom. The minimum absolute atomic E-state index is 0.164. The van der Waals surface area contributed by atoms with Gasteiger partial charge >= 0.3 is 0 Å². The molecule has 1 fully saturated rings. The van der Waals surface area contributed by atoms with Crippen molar-refractivity contribution >= 4 is 28.4 Å². The van der Waals surface area contributed by atoms with Crippen LogP contribution in [0.25, 0.3) is 10.9 Å². The average Bonchev–Trinajstić information content (AvgIpc) is 3.31. The number of nitrogens with zero attached hydrogens (tertiary/aromatic N) is 2. The lowest BCUT2D eigenvalue weighted by atomic mass is 10.1. The third-order valence-electron chi connectivity index (χ3n) is 5.72. The van der Waals surface area contributed by atoms with Gasteiger partial charge in [-0.05, 0) is 48.6 Å². The molecular formula is C25H25ClN4O2. The Labute approximate surface area is 191 Å². The molecule has 6 nitrogen and oxygen atoms in total. The van der Waals surface area contributed by atoms with Crippen LogP contribution in [0.1, 0.15) is 40.3 Å². The summed E-state index contributed by atoms with van der Waals surface area (Å²) >= 11 is 6.20. The van der Waals surface area contributed by atoms with Crippen LogP contribution in [0.15, 0.2) is 65.4 Å². The number of oxazole rings is 1. The lowest BCUT2D eigenvalue weighted by molar-refractivity contribution is 0.0946. The van der Waals surface area contributed by atoms with Crippen LogP contribution in [0.2, 0.25) is 5.02 Å². The molecule has 1 amide bonds. The highest BCUT2D eigenvalue weighted by Gasteiger charge is 2.25. The number of aromatic amines is 1. The maximum absolute atomic E-state index is 12.3. The lowest BCUT2D eigenvalue weighted by Gasteiger charge is -2.21. The molecule has 0 radical (unpaired) electrons. The Morgan fingerprint density at radius 2 is 2.06 bits per heavy atom. The zero-order valence-corrected chi connectivity index (χ0v) is 18.4. The summed E-state index contributed by atoms with van der Waals surface area (Å²) in [6, 6.07) is 16.5. The van der Waals surface area contributed by atoms with Gasteiger partial charge in [-0.15, -0.1) is 0 Å². The number of nitrogens with one attached hydrogen (secondary N) is 2. The number of carbonyl (C=O) groups excluding carboxylic acids is 1. The fourth-order valence-corrected chi connectivity index (χ4v) is 4.10. The summed E-state index contributed by atoms with van der Waals surface area (Å²) < 4.78 is 5.64. The van der Waals surface area contributed by atoms with Gasteiger partial charge < -0.3 is 14.7 Å². The summed E-state index contributed by atoms with van der Waals surface area (Å²) in [5.41, 5.74) is 3.87. The predicted octanol–water partition coefficient (Wildman–Crippen LogP) is 4.95. The van der Waals surface area contributed by atoms with E-state index in [-0.39, 0.29) is 11.9 Å². The summed E-state index contributed by atoms with van der Waals surface area (Å²) in [7, 11) is 0. The van der Waals surface area contributed by atoms with Crippen molar-refractivity contribution < 1.29 is 9.21 Å². The predicted molar refractivity (Wildman–Crippen MR) is 125 cm³/mol. The quantitative estimate of drug-likeness (QED) is 0.380. The molecule has 0 atom stereocenters. The number of para-hydroxylation sites is 1. The first-order chi connectivity index (χ1) is 15.6. The van der Waals surface area contributed by atoms with Gasteiger partial charge in [0.25, 0.3) is 5.91 Å². The van der Waals surface area contributed by atoms with E-state index in [1.807, 2.05) is 24.3 Å². The van der Waals surface area contributed by atoms with Crippen molar-refractivity contribution in [3.05, 3.63) is 88.7 Å². The van der Waals surface area contributed by atoms with E-state index in [2.05, 4.69) is 50.6 Å². The van der Waals surface area contributed by atoms with Crippen LogP contribution in [0, 0.1) is 0 Å². The molecule has 1 saturated carbocycles. The van der Waals surface area contributed by atoms with Crippen LogP contribution in [-0.4, -0.2) is 33.4 Å². The van der Waals surface area contributed by atoms with Crippen LogP contribution >= 0.6 is 11.6 Å². The van der Waals surface area contributed by atoms with Crippen molar-refractivity contribution in [3.8, 4) is 0 Å². The molecule has 0 aliphatic heterocycles. The zero-order valence-electron chi connectivity index (χ0n) is 17.7. The molecule has 164 valence electrons. The number of fused-ring (bicyclic) bond motifs is 1. The Kier molecular flexibility index (Phi) is 5.97. The van der Waals surface area contributed by atoms with Crippen molar-refractivity contribution in [2.45, 2.75) is 38.4 Å². The number of rotatable bonds is 9. The van der Waals surface area contributed by atoms with Gasteiger partial charge in [-0.2, -0.15) is 0 Å². The number of H-pyrrole nitrogens is 1. The van der Waals surface area contributed by atoms with E-state index in [1.54, 1.807) is 0 Å². The number of carbonyl (C=O) groups is 1. The van der Waals surface area contributed by atoms with Gasteiger partial charge in [0, 0.05) is 41.3 Å². The molecule has 1 aliphatic rings. The molecule has 2 aromatic carbocycles. The average molecular weight is 449 g/mol. The van der Waals surface area contributed by atoms with E-state index >= 15 is 0 Å². The van der Waals surface area contributed by atoms with Crippen LogP contribution in [0.3, 0.4) is 0 Å². The Bertz CT molecular complexity index is 1230. The standard InChI is InChI=1S/C25H25ClN4O2/c26-19-5-3-4-17(12-19)14-30(11-10-18-13-27-22-7-2-1-6-21(18)22)15-24-29-23(16-32-24)25(31)28-20-8-9-20/h1-7,12-13,16,20,27H,8-11,14-15H2,(H,28,31). The fourth-order valence-electron chi connectivity index (χ4n) is 3.89. The zero-order chi connectivity index (χ0) is 21.9. The molecule has 4 aromatic rings. The third kappa shape index (κ3) is 5.03. The lowest BCUT2D eigenvalue weighted by Crippen LogP contribution is -2.27. The van der Waals surface area contributed by atoms with Gasteiger partial charge in [-0.3, -0.25) is 9.69 Å².